The van der Waals surface area contributed by atoms with Crippen LogP contribution < -0.4 is 10.1 Å². The highest BCUT2D eigenvalue weighted by atomic mass is 16.6. The summed E-state index contributed by atoms with van der Waals surface area (Å²) in [6.45, 7) is 1.81. The molecule has 0 spiro atoms. The summed E-state index contributed by atoms with van der Waals surface area (Å²) in [5, 5.41) is 22.7. The van der Waals surface area contributed by atoms with E-state index < -0.39 is 11.0 Å². The van der Waals surface area contributed by atoms with E-state index in [1.165, 1.54) is 0 Å². The third-order valence-corrected chi connectivity index (χ3v) is 7.81. The zero-order valence-corrected chi connectivity index (χ0v) is 20.4. The molecule has 0 saturated heterocycles. The molecule has 37 heavy (non-hydrogen) atoms. The Morgan fingerprint density at radius 3 is 2.30 bits per heavy atom. The summed E-state index contributed by atoms with van der Waals surface area (Å²) in [4.78, 5) is 30.9. The number of aromatic amines is 1. The number of nitro groups is 1. The van der Waals surface area contributed by atoms with E-state index in [0.717, 1.165) is 22.4 Å². The van der Waals surface area contributed by atoms with Gasteiger partial charge in [0, 0.05) is 34.8 Å². The number of ether oxygens (including phenoxy) is 1. The molecule has 7 rings (SSSR count). The van der Waals surface area contributed by atoms with Gasteiger partial charge in [-0.2, -0.15) is 4.98 Å². The standard InChI is InChI=1S/C28H25N5O4/c1-27(25(34)30-26-29-23(31-32-26)15-17-11-13-18(37-2)14-12-17)16-28(33(35)36)21-9-5-3-7-19(21)24(27)20-8-4-6-10-22(20)28/h3-14,24H,15-16H2,1-2H3,(H2,29,30,31,32,34)/t24?,27-,28?/m0/s1. The summed E-state index contributed by atoms with van der Waals surface area (Å²) >= 11 is 0. The van der Waals surface area contributed by atoms with Crippen molar-refractivity contribution in [1.29, 1.82) is 0 Å². The van der Waals surface area contributed by atoms with Crippen molar-refractivity contribution in [3.63, 3.8) is 0 Å². The van der Waals surface area contributed by atoms with Crippen molar-refractivity contribution in [2.24, 2.45) is 5.41 Å². The first kappa shape index (κ1) is 22.9. The van der Waals surface area contributed by atoms with Crippen molar-refractivity contribution in [2.75, 3.05) is 12.4 Å². The maximum atomic E-state index is 13.9. The third-order valence-electron chi connectivity index (χ3n) is 7.81. The first-order valence-electron chi connectivity index (χ1n) is 12.1. The Morgan fingerprint density at radius 1 is 1.08 bits per heavy atom. The number of anilines is 1. The number of benzene rings is 3. The quantitative estimate of drug-likeness (QED) is 0.302. The lowest BCUT2D eigenvalue weighted by atomic mass is 9.49. The Morgan fingerprint density at radius 2 is 1.70 bits per heavy atom. The molecular weight excluding hydrogens is 470 g/mol. The molecule has 2 N–H and O–H groups in total. The molecular formula is C28H25N5O4. The highest BCUT2D eigenvalue weighted by molar-refractivity contribution is 5.96. The summed E-state index contributed by atoms with van der Waals surface area (Å²) in [5.74, 6) is 0.822. The van der Waals surface area contributed by atoms with Crippen LogP contribution in [0.15, 0.2) is 72.8 Å². The number of fused-ring (bicyclic) bond motifs is 1. The van der Waals surface area contributed by atoms with Crippen LogP contribution in [0.3, 0.4) is 0 Å². The molecule has 2 bridgehead atoms. The average molecular weight is 496 g/mol. The number of hydrogen-bond acceptors (Lipinski definition) is 6. The fraction of sp³-hybridized carbons (Fsp3) is 0.250. The van der Waals surface area contributed by atoms with Gasteiger partial charge < -0.3 is 4.74 Å². The number of nitrogens with zero attached hydrogens (tertiary/aromatic N) is 3. The second kappa shape index (κ2) is 8.26. The Bertz CT molecular complexity index is 1480. The maximum absolute atomic E-state index is 13.9. The van der Waals surface area contributed by atoms with E-state index >= 15 is 0 Å². The molecule has 0 unspecified atom stereocenters. The monoisotopic (exact) mass is 495 g/mol. The molecule has 9 heteroatoms. The van der Waals surface area contributed by atoms with E-state index in [1.807, 2.05) is 79.7 Å². The largest absolute Gasteiger partial charge is 0.497 e. The second-order valence-corrected chi connectivity index (χ2v) is 9.90. The SMILES string of the molecule is COc1ccc(Cc2nc(NC(=O)[C@@]3(C)CC4([N+](=O)[O-])c5ccccc5C3c3ccccc34)n[nH]2)cc1. The van der Waals surface area contributed by atoms with Gasteiger partial charge in [-0.25, -0.2) is 0 Å². The zero-order chi connectivity index (χ0) is 25.8. The highest BCUT2D eigenvalue weighted by Gasteiger charge is 2.67. The van der Waals surface area contributed by atoms with Crippen LogP contribution in [0.2, 0.25) is 0 Å². The third kappa shape index (κ3) is 3.34. The van der Waals surface area contributed by atoms with Crippen molar-refractivity contribution >= 4 is 11.9 Å². The van der Waals surface area contributed by atoms with Gasteiger partial charge >= 0.3 is 0 Å². The van der Waals surface area contributed by atoms with Gasteiger partial charge in [0.05, 0.1) is 12.5 Å². The number of aromatic nitrogens is 3. The molecule has 1 aromatic heterocycles. The topological polar surface area (TPSA) is 123 Å². The first-order valence-corrected chi connectivity index (χ1v) is 12.1. The Labute approximate surface area is 213 Å². The molecule has 1 atom stereocenters. The number of carbonyl (C=O) groups excluding carboxylic acids is 1. The molecule has 0 saturated carbocycles. The highest BCUT2D eigenvalue weighted by Crippen LogP contribution is 2.63. The van der Waals surface area contributed by atoms with E-state index in [2.05, 4.69) is 20.5 Å². The van der Waals surface area contributed by atoms with Gasteiger partial charge in [0.2, 0.25) is 11.9 Å². The van der Waals surface area contributed by atoms with Gasteiger partial charge in [-0.1, -0.05) is 60.7 Å². The number of amides is 1. The minimum absolute atomic E-state index is 0.0423. The van der Waals surface area contributed by atoms with Gasteiger partial charge in [-0.3, -0.25) is 25.3 Å². The van der Waals surface area contributed by atoms with Crippen molar-refractivity contribution in [2.45, 2.75) is 31.2 Å². The smallest absolute Gasteiger partial charge is 0.273 e. The number of hydrogen-bond donors (Lipinski definition) is 2. The van der Waals surface area contributed by atoms with Crippen LogP contribution >= 0.6 is 0 Å². The summed E-state index contributed by atoms with van der Waals surface area (Å²) in [7, 11) is 1.61. The van der Waals surface area contributed by atoms with Crippen LogP contribution in [0, 0.1) is 15.5 Å². The van der Waals surface area contributed by atoms with Gasteiger partial charge in [0.1, 0.15) is 11.6 Å². The number of methoxy groups -OCH3 is 1. The number of H-pyrrole nitrogens is 1. The minimum Gasteiger partial charge on any atom is -0.497 e. The molecule has 3 aromatic carbocycles. The molecule has 1 amide bonds. The summed E-state index contributed by atoms with van der Waals surface area (Å²) in [6.07, 6.45) is 0.540. The predicted octanol–water partition coefficient (Wildman–Crippen LogP) is 4.42. The summed E-state index contributed by atoms with van der Waals surface area (Å²) < 4.78 is 5.20. The molecule has 1 heterocycles. The predicted molar refractivity (Wildman–Crippen MR) is 136 cm³/mol. The van der Waals surface area contributed by atoms with Crippen LogP contribution in [0.5, 0.6) is 5.75 Å². The van der Waals surface area contributed by atoms with Crippen molar-refractivity contribution in [3.8, 4) is 5.75 Å². The Hall–Kier alpha value is -4.53. The fourth-order valence-electron chi connectivity index (χ4n) is 6.16. The van der Waals surface area contributed by atoms with Crippen LogP contribution in [-0.2, 0) is 16.8 Å². The van der Waals surface area contributed by atoms with Gasteiger partial charge in [-0.05, 0) is 35.7 Å². The van der Waals surface area contributed by atoms with E-state index in [1.54, 1.807) is 7.11 Å². The van der Waals surface area contributed by atoms with Crippen LogP contribution in [-0.4, -0.2) is 33.1 Å². The minimum atomic E-state index is -1.51. The second-order valence-electron chi connectivity index (χ2n) is 9.90. The zero-order valence-electron chi connectivity index (χ0n) is 20.4. The van der Waals surface area contributed by atoms with Crippen LogP contribution in [0.4, 0.5) is 5.95 Å². The Kier molecular flexibility index (Phi) is 5.11. The van der Waals surface area contributed by atoms with E-state index in [9.17, 15) is 14.9 Å². The maximum Gasteiger partial charge on any atom is 0.273 e. The van der Waals surface area contributed by atoms with Gasteiger partial charge in [-0.15, -0.1) is 5.10 Å². The lowest BCUT2D eigenvalue weighted by Gasteiger charge is -2.52. The lowest BCUT2D eigenvalue weighted by Crippen LogP contribution is -2.57. The number of nitrogens with one attached hydrogen (secondary N) is 2. The molecule has 3 aliphatic carbocycles. The molecule has 0 fully saturated rings. The van der Waals surface area contributed by atoms with Crippen molar-refractivity contribution in [3.05, 3.63) is 117 Å². The van der Waals surface area contributed by atoms with E-state index in [4.69, 9.17) is 4.74 Å². The fourth-order valence-corrected chi connectivity index (χ4v) is 6.16. The molecule has 3 aliphatic rings. The number of rotatable bonds is 6. The first-order chi connectivity index (χ1) is 17.9. The Balaban J connectivity index is 1.33. The molecule has 9 nitrogen and oxygen atoms in total. The summed E-state index contributed by atoms with van der Waals surface area (Å²) in [5.41, 5.74) is 1.36. The summed E-state index contributed by atoms with van der Waals surface area (Å²) in [6, 6.07) is 22.4. The lowest BCUT2D eigenvalue weighted by molar-refractivity contribution is -0.573. The normalized spacial score (nSPS) is 23.1. The number of carbonyl (C=O) groups is 1. The van der Waals surface area contributed by atoms with Gasteiger partial charge in [0.25, 0.3) is 5.54 Å². The molecule has 186 valence electrons. The molecule has 4 aromatic rings. The van der Waals surface area contributed by atoms with Gasteiger partial charge in [0.15, 0.2) is 0 Å². The van der Waals surface area contributed by atoms with E-state index in [0.29, 0.717) is 23.4 Å². The molecule has 0 aliphatic heterocycles. The van der Waals surface area contributed by atoms with Crippen molar-refractivity contribution < 1.29 is 14.5 Å². The van der Waals surface area contributed by atoms with Crippen LogP contribution in [0.25, 0.3) is 0 Å². The average Bonchev–Trinajstić information content (AvgIpc) is 3.35. The van der Waals surface area contributed by atoms with Crippen LogP contribution in [0.1, 0.15) is 52.9 Å². The van der Waals surface area contributed by atoms with E-state index in [-0.39, 0.29) is 29.1 Å². The molecule has 0 radical (unpaired) electrons. The van der Waals surface area contributed by atoms with Crippen molar-refractivity contribution in [1.82, 2.24) is 15.2 Å².